The van der Waals surface area contributed by atoms with Gasteiger partial charge in [-0.3, -0.25) is 9.59 Å². The monoisotopic (exact) mass is 251 g/mol. The Morgan fingerprint density at radius 2 is 2.00 bits per heavy atom. The van der Waals surface area contributed by atoms with E-state index in [1.54, 1.807) is 24.3 Å². The number of benzene rings is 1. The number of para-hydroxylation sites is 1. The highest BCUT2D eigenvalue weighted by atomic mass is 16.5. The Kier molecular flexibility index (Phi) is 5.70. The molecule has 0 atom stereocenters. The van der Waals surface area contributed by atoms with Crippen molar-refractivity contribution < 1.29 is 19.1 Å². The third-order valence-electron chi connectivity index (χ3n) is 2.21. The summed E-state index contributed by atoms with van der Waals surface area (Å²) in [7, 11) is 1.49. The molecule has 1 amide bonds. The van der Waals surface area contributed by atoms with Gasteiger partial charge in [0.1, 0.15) is 12.3 Å². The van der Waals surface area contributed by atoms with Crippen LogP contribution in [-0.2, 0) is 9.53 Å². The lowest BCUT2D eigenvalue weighted by atomic mass is 10.2. The number of methoxy groups -OCH3 is 1. The normalized spacial score (nSPS) is 9.67. The number of rotatable bonds is 6. The maximum atomic E-state index is 11.8. The Morgan fingerprint density at radius 1 is 1.28 bits per heavy atom. The minimum Gasteiger partial charge on any atom is -0.496 e. The minimum absolute atomic E-state index is 0.142. The molecule has 1 aromatic rings. The lowest BCUT2D eigenvalue weighted by Gasteiger charge is -2.08. The quantitative estimate of drug-likeness (QED) is 0.776. The summed E-state index contributed by atoms with van der Waals surface area (Å²) in [5.74, 6) is -0.335. The second kappa shape index (κ2) is 7.32. The third-order valence-corrected chi connectivity index (χ3v) is 2.21. The summed E-state index contributed by atoms with van der Waals surface area (Å²) < 4.78 is 9.91. The largest absolute Gasteiger partial charge is 0.496 e. The van der Waals surface area contributed by atoms with E-state index in [0.717, 1.165) is 6.42 Å². The van der Waals surface area contributed by atoms with Gasteiger partial charge in [-0.05, 0) is 18.6 Å². The Bertz CT molecular complexity index is 417. The summed E-state index contributed by atoms with van der Waals surface area (Å²) in [6, 6.07) is 6.81. The van der Waals surface area contributed by atoms with E-state index in [4.69, 9.17) is 9.47 Å². The van der Waals surface area contributed by atoms with Crippen LogP contribution in [0.25, 0.3) is 0 Å². The molecule has 0 fully saturated rings. The molecule has 0 aliphatic heterocycles. The van der Waals surface area contributed by atoms with E-state index >= 15 is 0 Å². The van der Waals surface area contributed by atoms with Gasteiger partial charge in [0.15, 0.2) is 0 Å². The molecule has 1 N–H and O–H groups in total. The predicted octanol–water partition coefficient (Wildman–Crippen LogP) is 1.38. The molecule has 98 valence electrons. The molecule has 0 aliphatic rings. The standard InChI is InChI=1S/C13H17NO4/c1-3-8-18-12(15)9-14-13(16)10-6-4-5-7-11(10)17-2/h4-7H,3,8-9H2,1-2H3,(H,14,16). The first kappa shape index (κ1) is 14.0. The first-order valence-corrected chi connectivity index (χ1v) is 5.75. The molecule has 0 radical (unpaired) electrons. The van der Waals surface area contributed by atoms with Crippen LogP contribution in [-0.4, -0.2) is 32.1 Å². The number of carbonyl (C=O) groups excluding carboxylic acids is 2. The highest BCUT2D eigenvalue weighted by molar-refractivity contribution is 5.98. The number of esters is 1. The van der Waals surface area contributed by atoms with Crippen molar-refractivity contribution in [3.05, 3.63) is 29.8 Å². The molecule has 0 saturated heterocycles. The highest BCUT2D eigenvalue weighted by Crippen LogP contribution is 2.16. The number of hydrogen-bond acceptors (Lipinski definition) is 4. The van der Waals surface area contributed by atoms with Gasteiger partial charge in [0.05, 0.1) is 19.3 Å². The zero-order valence-electron chi connectivity index (χ0n) is 10.6. The zero-order chi connectivity index (χ0) is 13.4. The van der Waals surface area contributed by atoms with Crippen molar-refractivity contribution in [2.24, 2.45) is 0 Å². The van der Waals surface area contributed by atoms with Gasteiger partial charge in [-0.2, -0.15) is 0 Å². The van der Waals surface area contributed by atoms with Gasteiger partial charge in [0.2, 0.25) is 0 Å². The second-order valence-corrected chi connectivity index (χ2v) is 3.60. The molecule has 0 aromatic heterocycles. The number of carbonyl (C=O) groups is 2. The lowest BCUT2D eigenvalue weighted by molar-refractivity contribution is -0.142. The number of nitrogens with one attached hydrogen (secondary N) is 1. The molecule has 0 saturated carbocycles. The van der Waals surface area contributed by atoms with E-state index < -0.39 is 5.97 Å². The summed E-state index contributed by atoms with van der Waals surface area (Å²) in [6.07, 6.45) is 0.756. The second-order valence-electron chi connectivity index (χ2n) is 3.60. The predicted molar refractivity (Wildman–Crippen MR) is 66.6 cm³/mol. The third kappa shape index (κ3) is 4.08. The molecule has 1 rings (SSSR count). The van der Waals surface area contributed by atoms with Crippen LogP contribution in [0, 0.1) is 0 Å². The summed E-state index contributed by atoms with van der Waals surface area (Å²) >= 11 is 0. The van der Waals surface area contributed by atoms with Crippen molar-refractivity contribution in [1.82, 2.24) is 5.32 Å². The molecule has 0 heterocycles. The average Bonchev–Trinajstić information content (AvgIpc) is 2.42. The molecular weight excluding hydrogens is 234 g/mol. The maximum Gasteiger partial charge on any atom is 0.325 e. The summed E-state index contributed by atoms with van der Waals surface area (Å²) in [5.41, 5.74) is 0.392. The van der Waals surface area contributed by atoms with Crippen LogP contribution in [0.1, 0.15) is 23.7 Å². The highest BCUT2D eigenvalue weighted by Gasteiger charge is 2.12. The number of ether oxygens (including phenoxy) is 2. The Hall–Kier alpha value is -2.04. The van der Waals surface area contributed by atoms with Crippen molar-refractivity contribution in [2.75, 3.05) is 20.3 Å². The van der Waals surface area contributed by atoms with Crippen LogP contribution in [0.15, 0.2) is 24.3 Å². The fourth-order valence-electron chi connectivity index (χ4n) is 1.35. The Labute approximate surface area is 106 Å². The van der Waals surface area contributed by atoms with Crippen LogP contribution < -0.4 is 10.1 Å². The van der Waals surface area contributed by atoms with Crippen molar-refractivity contribution in [3.63, 3.8) is 0 Å². The molecule has 0 unspecified atom stereocenters. The molecule has 5 nitrogen and oxygen atoms in total. The molecule has 0 bridgehead atoms. The SMILES string of the molecule is CCCOC(=O)CNC(=O)c1ccccc1OC. The molecule has 0 spiro atoms. The van der Waals surface area contributed by atoms with Gasteiger partial charge >= 0.3 is 5.97 Å². The van der Waals surface area contributed by atoms with Crippen LogP contribution >= 0.6 is 0 Å². The Balaban J connectivity index is 2.52. The lowest BCUT2D eigenvalue weighted by Crippen LogP contribution is -2.31. The fourth-order valence-corrected chi connectivity index (χ4v) is 1.35. The van der Waals surface area contributed by atoms with Gasteiger partial charge in [0.25, 0.3) is 5.91 Å². The molecule has 18 heavy (non-hydrogen) atoms. The number of hydrogen-bond donors (Lipinski definition) is 1. The first-order chi connectivity index (χ1) is 8.69. The van der Waals surface area contributed by atoms with Crippen LogP contribution in [0.3, 0.4) is 0 Å². The van der Waals surface area contributed by atoms with Crippen molar-refractivity contribution in [2.45, 2.75) is 13.3 Å². The van der Waals surface area contributed by atoms with Gasteiger partial charge in [0, 0.05) is 0 Å². The van der Waals surface area contributed by atoms with Crippen LogP contribution in [0.4, 0.5) is 0 Å². The maximum absolute atomic E-state index is 11.8. The summed E-state index contributed by atoms with van der Waals surface area (Å²) in [4.78, 5) is 23.0. The fraction of sp³-hybridized carbons (Fsp3) is 0.385. The topological polar surface area (TPSA) is 64.6 Å². The summed E-state index contributed by atoms with van der Waals surface area (Å²) in [5, 5.41) is 2.49. The van der Waals surface area contributed by atoms with Gasteiger partial charge in [-0.15, -0.1) is 0 Å². The molecule has 1 aromatic carbocycles. The van der Waals surface area contributed by atoms with E-state index in [9.17, 15) is 9.59 Å². The van der Waals surface area contributed by atoms with Crippen molar-refractivity contribution >= 4 is 11.9 Å². The van der Waals surface area contributed by atoms with Crippen LogP contribution in [0.2, 0.25) is 0 Å². The smallest absolute Gasteiger partial charge is 0.325 e. The average molecular weight is 251 g/mol. The minimum atomic E-state index is -0.444. The number of amides is 1. The zero-order valence-corrected chi connectivity index (χ0v) is 10.6. The first-order valence-electron chi connectivity index (χ1n) is 5.75. The molecule has 5 heteroatoms. The molecular formula is C13H17NO4. The van der Waals surface area contributed by atoms with E-state index in [1.165, 1.54) is 7.11 Å². The van der Waals surface area contributed by atoms with Gasteiger partial charge < -0.3 is 14.8 Å². The van der Waals surface area contributed by atoms with Crippen molar-refractivity contribution in [1.29, 1.82) is 0 Å². The molecule has 0 aliphatic carbocycles. The van der Waals surface area contributed by atoms with E-state index in [0.29, 0.717) is 17.9 Å². The van der Waals surface area contributed by atoms with Gasteiger partial charge in [-0.1, -0.05) is 19.1 Å². The Morgan fingerprint density at radius 3 is 2.67 bits per heavy atom. The van der Waals surface area contributed by atoms with Crippen LogP contribution in [0.5, 0.6) is 5.75 Å². The van der Waals surface area contributed by atoms with Crippen molar-refractivity contribution in [3.8, 4) is 5.75 Å². The van der Waals surface area contributed by atoms with E-state index in [-0.39, 0.29) is 12.5 Å². The summed E-state index contributed by atoms with van der Waals surface area (Å²) in [6.45, 7) is 2.13. The van der Waals surface area contributed by atoms with E-state index in [1.807, 2.05) is 6.92 Å². The van der Waals surface area contributed by atoms with E-state index in [2.05, 4.69) is 5.32 Å². The van der Waals surface area contributed by atoms with Gasteiger partial charge in [-0.25, -0.2) is 0 Å².